The molecule has 0 bridgehead atoms. The van der Waals surface area contributed by atoms with Crippen LogP contribution < -0.4 is 10.6 Å². The van der Waals surface area contributed by atoms with Crippen molar-refractivity contribution in [1.82, 2.24) is 31.0 Å². The predicted octanol–water partition coefficient (Wildman–Crippen LogP) is 1.25. The van der Waals surface area contributed by atoms with Gasteiger partial charge in [0.05, 0.1) is 18.3 Å². The highest BCUT2D eigenvalue weighted by Crippen LogP contribution is 2.27. The Morgan fingerprint density at radius 3 is 2.83 bits per heavy atom. The molecule has 1 aliphatic rings. The summed E-state index contributed by atoms with van der Waals surface area (Å²) in [5.74, 6) is -0.446. The van der Waals surface area contributed by atoms with Gasteiger partial charge in [-0.05, 0) is 49.8 Å². The number of hydrogen-bond acceptors (Lipinski definition) is 6. The Morgan fingerprint density at radius 2 is 2.10 bits per heavy atom. The van der Waals surface area contributed by atoms with Crippen LogP contribution in [0.1, 0.15) is 48.7 Å². The summed E-state index contributed by atoms with van der Waals surface area (Å²) in [7, 11) is 0. The molecular weight excluding hydrogens is 372 g/mol. The molecule has 1 saturated carbocycles. The summed E-state index contributed by atoms with van der Waals surface area (Å²) in [5.41, 5.74) is 1.36. The van der Waals surface area contributed by atoms with E-state index in [4.69, 9.17) is 4.74 Å². The molecule has 2 heterocycles. The lowest BCUT2D eigenvalue weighted by molar-refractivity contribution is -0.127. The van der Waals surface area contributed by atoms with Crippen LogP contribution in [0.5, 0.6) is 0 Å². The third-order valence-corrected chi connectivity index (χ3v) is 5.12. The Hall–Kier alpha value is -2.81. The topological polar surface area (TPSA) is 122 Å². The number of rotatable bonds is 9. The van der Waals surface area contributed by atoms with Crippen molar-refractivity contribution in [3.63, 3.8) is 0 Å². The average Bonchev–Trinajstić information content (AvgIpc) is 3.28. The van der Waals surface area contributed by atoms with Crippen LogP contribution in [0.2, 0.25) is 0 Å². The van der Waals surface area contributed by atoms with Crippen LogP contribution in [-0.2, 0) is 16.0 Å². The van der Waals surface area contributed by atoms with Crippen LogP contribution in [0, 0.1) is 5.92 Å². The lowest BCUT2D eigenvalue weighted by atomic mass is 9.83. The number of H-pyrrole nitrogens is 1. The quantitative estimate of drug-likeness (QED) is 0.582. The molecule has 0 radical (unpaired) electrons. The van der Waals surface area contributed by atoms with Gasteiger partial charge in [-0.2, -0.15) is 15.4 Å². The van der Waals surface area contributed by atoms with Gasteiger partial charge in [-0.1, -0.05) is 6.92 Å². The van der Waals surface area contributed by atoms with Gasteiger partial charge < -0.3 is 15.4 Å². The van der Waals surface area contributed by atoms with Crippen molar-refractivity contribution in [2.45, 2.75) is 51.2 Å². The molecule has 2 amide bonds. The van der Waals surface area contributed by atoms with Crippen LogP contribution in [0.4, 0.5) is 0 Å². The number of aromatic amines is 1. The van der Waals surface area contributed by atoms with Crippen LogP contribution in [-0.4, -0.2) is 57.5 Å². The molecule has 1 aliphatic carbocycles. The van der Waals surface area contributed by atoms with Crippen molar-refractivity contribution >= 4 is 11.8 Å². The van der Waals surface area contributed by atoms with E-state index in [2.05, 4.69) is 31.0 Å². The van der Waals surface area contributed by atoms with E-state index in [1.165, 1.54) is 6.20 Å². The number of nitrogens with zero attached hydrogens (tertiary/aromatic N) is 3. The molecule has 9 heteroatoms. The summed E-state index contributed by atoms with van der Waals surface area (Å²) < 4.78 is 5.93. The number of nitrogens with one attached hydrogen (secondary N) is 3. The molecule has 9 nitrogen and oxygen atoms in total. The first-order chi connectivity index (χ1) is 14.2. The van der Waals surface area contributed by atoms with Gasteiger partial charge in [-0.25, -0.2) is 0 Å². The van der Waals surface area contributed by atoms with E-state index in [1.807, 2.05) is 19.1 Å². The van der Waals surface area contributed by atoms with Gasteiger partial charge in [0.15, 0.2) is 5.69 Å². The Morgan fingerprint density at radius 1 is 1.28 bits per heavy atom. The summed E-state index contributed by atoms with van der Waals surface area (Å²) in [6.07, 6.45) is 8.44. The Balaban J connectivity index is 1.54. The van der Waals surface area contributed by atoms with Crippen LogP contribution in [0.15, 0.2) is 30.7 Å². The molecular formula is C20H28N6O3. The number of ether oxygens (including phenoxy) is 1. The molecule has 0 spiro atoms. The second-order valence-electron chi connectivity index (χ2n) is 7.25. The zero-order valence-corrected chi connectivity index (χ0v) is 16.6. The number of pyridine rings is 1. The van der Waals surface area contributed by atoms with Crippen molar-refractivity contribution < 1.29 is 14.3 Å². The molecule has 29 heavy (non-hydrogen) atoms. The highest BCUT2D eigenvalue weighted by Gasteiger charge is 2.35. The second-order valence-corrected chi connectivity index (χ2v) is 7.25. The van der Waals surface area contributed by atoms with E-state index < -0.39 is 0 Å². The molecule has 3 N–H and O–H groups in total. The fourth-order valence-corrected chi connectivity index (χ4v) is 3.58. The lowest BCUT2D eigenvalue weighted by Crippen LogP contribution is -2.50. The van der Waals surface area contributed by atoms with E-state index in [9.17, 15) is 9.59 Å². The SMILES string of the molecule is CCCO[C@@H]1CC[C@H](C(=O)NCCc2ccncc2)C[C@H]1NC(=O)c1cn[nH]n1. The Bertz CT molecular complexity index is 768. The third-order valence-electron chi connectivity index (χ3n) is 5.12. The van der Waals surface area contributed by atoms with Gasteiger partial charge >= 0.3 is 0 Å². The minimum Gasteiger partial charge on any atom is -0.376 e. The second kappa shape index (κ2) is 10.7. The highest BCUT2D eigenvalue weighted by atomic mass is 16.5. The van der Waals surface area contributed by atoms with Gasteiger partial charge in [-0.15, -0.1) is 0 Å². The molecule has 2 aromatic rings. The van der Waals surface area contributed by atoms with E-state index in [1.54, 1.807) is 12.4 Å². The number of aromatic nitrogens is 4. The molecule has 0 aromatic carbocycles. The third kappa shape index (κ3) is 6.08. The van der Waals surface area contributed by atoms with E-state index in [0.717, 1.165) is 31.2 Å². The van der Waals surface area contributed by atoms with Crippen LogP contribution >= 0.6 is 0 Å². The number of carbonyl (C=O) groups is 2. The smallest absolute Gasteiger partial charge is 0.273 e. The van der Waals surface area contributed by atoms with Crippen LogP contribution in [0.25, 0.3) is 0 Å². The molecule has 2 aromatic heterocycles. The number of hydrogen-bond donors (Lipinski definition) is 3. The molecule has 0 unspecified atom stereocenters. The maximum Gasteiger partial charge on any atom is 0.273 e. The van der Waals surface area contributed by atoms with E-state index in [-0.39, 0.29) is 35.6 Å². The Labute approximate surface area is 170 Å². The van der Waals surface area contributed by atoms with Crippen molar-refractivity contribution in [1.29, 1.82) is 0 Å². The fourth-order valence-electron chi connectivity index (χ4n) is 3.58. The highest BCUT2D eigenvalue weighted by molar-refractivity contribution is 5.92. The molecule has 1 fully saturated rings. The first-order valence-electron chi connectivity index (χ1n) is 10.1. The summed E-state index contributed by atoms with van der Waals surface area (Å²) in [5, 5.41) is 15.9. The first-order valence-corrected chi connectivity index (χ1v) is 10.1. The maximum absolute atomic E-state index is 12.7. The zero-order chi connectivity index (χ0) is 20.5. The van der Waals surface area contributed by atoms with Crippen molar-refractivity contribution in [2.24, 2.45) is 5.92 Å². The first kappa shape index (κ1) is 20.9. The monoisotopic (exact) mass is 400 g/mol. The Kier molecular flexibility index (Phi) is 7.69. The van der Waals surface area contributed by atoms with Gasteiger partial charge in [0.25, 0.3) is 5.91 Å². The normalized spacial score (nSPS) is 21.5. The molecule has 0 aliphatic heterocycles. The summed E-state index contributed by atoms with van der Waals surface area (Å²) in [4.78, 5) is 29.1. The molecule has 3 rings (SSSR count). The zero-order valence-electron chi connectivity index (χ0n) is 16.6. The van der Waals surface area contributed by atoms with E-state index >= 15 is 0 Å². The number of carbonyl (C=O) groups excluding carboxylic acids is 2. The maximum atomic E-state index is 12.7. The summed E-state index contributed by atoms with van der Waals surface area (Å²) in [6.45, 7) is 3.25. The van der Waals surface area contributed by atoms with Gasteiger partial charge in [0.1, 0.15) is 0 Å². The minimum atomic E-state index is -0.312. The predicted molar refractivity (Wildman–Crippen MR) is 106 cm³/mol. The minimum absolute atomic E-state index is 0.0219. The lowest BCUT2D eigenvalue weighted by Gasteiger charge is -2.35. The average molecular weight is 400 g/mol. The number of amides is 2. The fraction of sp³-hybridized carbons (Fsp3) is 0.550. The van der Waals surface area contributed by atoms with Gasteiger partial charge in [-0.3, -0.25) is 14.6 Å². The van der Waals surface area contributed by atoms with Crippen molar-refractivity contribution in [2.75, 3.05) is 13.2 Å². The summed E-state index contributed by atoms with van der Waals surface area (Å²) in [6, 6.07) is 3.64. The molecule has 156 valence electrons. The van der Waals surface area contributed by atoms with Crippen molar-refractivity contribution in [3.05, 3.63) is 42.0 Å². The standard InChI is InChI=1S/C20H28N6O3/c1-2-11-29-18-4-3-15(12-16(18)24-20(28)17-13-23-26-25-17)19(27)22-10-7-14-5-8-21-9-6-14/h5-6,8-9,13,15-16,18H,2-4,7,10-12H2,1H3,(H,22,27)(H,24,28)(H,23,25,26)/t15-,16+,18+/m0/s1. The molecule has 3 atom stereocenters. The van der Waals surface area contributed by atoms with Gasteiger partial charge in [0.2, 0.25) is 5.91 Å². The van der Waals surface area contributed by atoms with Crippen LogP contribution in [0.3, 0.4) is 0 Å². The van der Waals surface area contributed by atoms with Crippen molar-refractivity contribution in [3.8, 4) is 0 Å². The summed E-state index contributed by atoms with van der Waals surface area (Å²) >= 11 is 0. The van der Waals surface area contributed by atoms with Gasteiger partial charge in [0, 0.05) is 31.5 Å². The molecule has 0 saturated heterocycles. The largest absolute Gasteiger partial charge is 0.376 e. The van der Waals surface area contributed by atoms with E-state index in [0.29, 0.717) is 19.6 Å².